The predicted molar refractivity (Wildman–Crippen MR) is 63.2 cm³/mol. The molecular weight excluding hydrogens is 218 g/mol. The fourth-order valence-electron chi connectivity index (χ4n) is 0.957. The molecule has 0 aliphatic rings. The zero-order valence-corrected chi connectivity index (χ0v) is 8.97. The van der Waals surface area contributed by atoms with E-state index in [0.717, 1.165) is 6.29 Å². The first-order valence-corrected chi connectivity index (χ1v) is 4.81. The Morgan fingerprint density at radius 1 is 1.00 bits per heavy atom. The van der Waals surface area contributed by atoms with E-state index < -0.39 is 0 Å². The molecule has 2 rings (SSSR count). The number of carbonyl (C=O) groups is 1. The summed E-state index contributed by atoms with van der Waals surface area (Å²) < 4.78 is 0. The van der Waals surface area contributed by atoms with Gasteiger partial charge in [-0.05, 0) is 24.3 Å². The number of aldehydes is 1. The van der Waals surface area contributed by atoms with Crippen molar-refractivity contribution in [2.75, 3.05) is 0 Å². The van der Waals surface area contributed by atoms with Crippen molar-refractivity contribution >= 4 is 12.5 Å². The van der Waals surface area contributed by atoms with Gasteiger partial charge in [-0.25, -0.2) is 0 Å². The molecular formula is C12H11N3O2. The highest BCUT2D eigenvalue weighted by atomic mass is 16.4. The van der Waals surface area contributed by atoms with Crippen molar-refractivity contribution in [3.05, 3.63) is 60.2 Å². The number of hydrogen-bond donors (Lipinski definition) is 1. The third kappa shape index (κ3) is 5.17. The Balaban J connectivity index is 0.000000171. The van der Waals surface area contributed by atoms with E-state index >= 15 is 0 Å². The molecule has 0 aromatic carbocycles. The first kappa shape index (κ1) is 12.5. The molecule has 2 aromatic heterocycles. The van der Waals surface area contributed by atoms with Crippen molar-refractivity contribution in [2.45, 2.75) is 0 Å². The maximum Gasteiger partial charge on any atom is 0.168 e. The van der Waals surface area contributed by atoms with Gasteiger partial charge >= 0.3 is 0 Å². The number of hydrogen-bond acceptors (Lipinski definition) is 5. The Hall–Kier alpha value is -2.56. The van der Waals surface area contributed by atoms with Gasteiger partial charge in [-0.1, -0.05) is 17.3 Å². The number of aromatic nitrogens is 2. The summed E-state index contributed by atoms with van der Waals surface area (Å²) in [5.41, 5.74) is 1.13. The van der Waals surface area contributed by atoms with Crippen LogP contribution in [0.25, 0.3) is 0 Å². The fraction of sp³-hybridized carbons (Fsp3) is 0. The van der Waals surface area contributed by atoms with E-state index in [9.17, 15) is 4.79 Å². The minimum Gasteiger partial charge on any atom is -0.411 e. The normalized spacial score (nSPS) is 9.41. The van der Waals surface area contributed by atoms with Crippen LogP contribution in [0.1, 0.15) is 16.2 Å². The molecule has 0 unspecified atom stereocenters. The van der Waals surface area contributed by atoms with E-state index in [1.807, 2.05) is 6.07 Å². The van der Waals surface area contributed by atoms with Gasteiger partial charge in [0.1, 0.15) is 5.69 Å². The molecule has 0 bridgehead atoms. The zero-order chi connectivity index (χ0) is 12.3. The number of rotatable bonds is 2. The largest absolute Gasteiger partial charge is 0.411 e. The summed E-state index contributed by atoms with van der Waals surface area (Å²) in [5.74, 6) is 0. The summed E-state index contributed by atoms with van der Waals surface area (Å²) in [5, 5.41) is 10.9. The summed E-state index contributed by atoms with van der Waals surface area (Å²) in [6.45, 7) is 0. The quantitative estimate of drug-likeness (QED) is 0.368. The summed E-state index contributed by atoms with van der Waals surface area (Å²) in [6.07, 6.45) is 5.22. The number of oxime groups is 1. The molecule has 0 aliphatic carbocycles. The summed E-state index contributed by atoms with van der Waals surface area (Å²) in [7, 11) is 0. The van der Waals surface area contributed by atoms with Gasteiger partial charge in [0.05, 0.1) is 11.9 Å². The highest BCUT2D eigenvalue weighted by Crippen LogP contribution is 1.86. The van der Waals surface area contributed by atoms with Crippen molar-refractivity contribution in [3.63, 3.8) is 0 Å². The topological polar surface area (TPSA) is 75.4 Å². The van der Waals surface area contributed by atoms with Gasteiger partial charge in [0.15, 0.2) is 6.29 Å². The Kier molecular flexibility index (Phi) is 5.66. The lowest BCUT2D eigenvalue weighted by Crippen LogP contribution is -1.83. The predicted octanol–water partition coefficient (Wildman–Crippen LogP) is 1.78. The molecule has 0 amide bonds. The van der Waals surface area contributed by atoms with Gasteiger partial charge in [0.2, 0.25) is 0 Å². The smallest absolute Gasteiger partial charge is 0.168 e. The molecule has 2 heterocycles. The molecule has 0 saturated carbocycles. The van der Waals surface area contributed by atoms with Gasteiger partial charge in [-0.2, -0.15) is 0 Å². The van der Waals surface area contributed by atoms with Crippen molar-refractivity contribution < 1.29 is 10.0 Å². The van der Waals surface area contributed by atoms with Gasteiger partial charge in [0.25, 0.3) is 0 Å². The van der Waals surface area contributed by atoms with Crippen molar-refractivity contribution in [1.29, 1.82) is 0 Å². The number of nitrogens with zero attached hydrogens (tertiary/aromatic N) is 3. The Morgan fingerprint density at radius 2 is 1.59 bits per heavy atom. The molecule has 0 atom stereocenters. The molecule has 0 aliphatic heterocycles. The van der Waals surface area contributed by atoms with Crippen LogP contribution in [0.4, 0.5) is 0 Å². The highest BCUT2D eigenvalue weighted by molar-refractivity contribution is 5.75. The molecule has 0 spiro atoms. The van der Waals surface area contributed by atoms with Crippen LogP contribution in [0.15, 0.2) is 53.9 Å². The molecule has 5 nitrogen and oxygen atoms in total. The van der Waals surface area contributed by atoms with E-state index in [1.165, 1.54) is 6.21 Å². The third-order valence-corrected chi connectivity index (χ3v) is 1.69. The maximum atomic E-state index is 9.94. The zero-order valence-electron chi connectivity index (χ0n) is 8.97. The van der Waals surface area contributed by atoms with Crippen molar-refractivity contribution in [2.24, 2.45) is 5.16 Å². The number of pyridine rings is 2. The van der Waals surface area contributed by atoms with E-state index in [0.29, 0.717) is 11.4 Å². The lowest BCUT2D eigenvalue weighted by molar-refractivity contribution is 0.111. The van der Waals surface area contributed by atoms with Crippen LogP contribution >= 0.6 is 0 Å². The van der Waals surface area contributed by atoms with E-state index in [1.54, 1.807) is 42.7 Å². The van der Waals surface area contributed by atoms with Crippen LogP contribution in [0, 0.1) is 0 Å². The molecule has 0 radical (unpaired) electrons. The van der Waals surface area contributed by atoms with Crippen LogP contribution in [0.2, 0.25) is 0 Å². The average molecular weight is 229 g/mol. The maximum absolute atomic E-state index is 9.94. The second-order valence-electron chi connectivity index (χ2n) is 2.87. The van der Waals surface area contributed by atoms with Crippen LogP contribution < -0.4 is 0 Å². The Labute approximate surface area is 98.5 Å². The van der Waals surface area contributed by atoms with E-state index in [2.05, 4.69) is 15.1 Å². The van der Waals surface area contributed by atoms with Gasteiger partial charge in [-0.15, -0.1) is 0 Å². The monoisotopic (exact) mass is 229 g/mol. The van der Waals surface area contributed by atoms with Crippen LogP contribution in [0.3, 0.4) is 0 Å². The third-order valence-electron chi connectivity index (χ3n) is 1.69. The SMILES string of the molecule is O/N=C\c1ccccn1.O=Cc1ccccn1. The van der Waals surface area contributed by atoms with Gasteiger partial charge < -0.3 is 5.21 Å². The lowest BCUT2D eigenvalue weighted by Gasteiger charge is -1.84. The molecule has 1 N–H and O–H groups in total. The minimum atomic E-state index is 0.479. The lowest BCUT2D eigenvalue weighted by atomic mass is 10.4. The van der Waals surface area contributed by atoms with E-state index in [4.69, 9.17) is 5.21 Å². The van der Waals surface area contributed by atoms with Gasteiger partial charge in [-0.3, -0.25) is 14.8 Å². The van der Waals surface area contributed by atoms with Crippen LogP contribution in [-0.4, -0.2) is 27.7 Å². The van der Waals surface area contributed by atoms with Gasteiger partial charge in [0, 0.05) is 12.4 Å². The summed E-state index contributed by atoms with van der Waals surface area (Å²) in [4.78, 5) is 17.5. The Morgan fingerprint density at radius 3 is 1.94 bits per heavy atom. The summed E-state index contributed by atoms with van der Waals surface area (Å²) >= 11 is 0. The highest BCUT2D eigenvalue weighted by Gasteiger charge is 1.82. The average Bonchev–Trinajstić information content (AvgIpc) is 2.42. The molecule has 0 fully saturated rings. The first-order valence-electron chi connectivity index (χ1n) is 4.81. The summed E-state index contributed by atoms with van der Waals surface area (Å²) in [6, 6.07) is 10.6. The standard InChI is InChI=1S/C6H6N2O.C6H5NO/c9-8-5-6-3-1-2-4-7-6;8-5-6-3-1-2-4-7-6/h1-5,9H;1-5H/b8-5-;. The second-order valence-corrected chi connectivity index (χ2v) is 2.87. The molecule has 2 aromatic rings. The van der Waals surface area contributed by atoms with Crippen molar-refractivity contribution in [3.8, 4) is 0 Å². The van der Waals surface area contributed by atoms with Crippen LogP contribution in [0.5, 0.6) is 0 Å². The fourth-order valence-corrected chi connectivity index (χ4v) is 0.957. The minimum absolute atomic E-state index is 0.479. The van der Waals surface area contributed by atoms with Crippen molar-refractivity contribution in [1.82, 2.24) is 9.97 Å². The van der Waals surface area contributed by atoms with E-state index in [-0.39, 0.29) is 0 Å². The molecule has 0 saturated heterocycles. The second kappa shape index (κ2) is 7.70. The Bertz CT molecular complexity index is 458. The molecule has 5 heteroatoms. The first-order chi connectivity index (χ1) is 8.36. The molecule has 17 heavy (non-hydrogen) atoms. The number of carbonyl (C=O) groups excluding carboxylic acids is 1. The molecule has 86 valence electrons. The van der Waals surface area contributed by atoms with Crippen LogP contribution in [-0.2, 0) is 0 Å².